The summed E-state index contributed by atoms with van der Waals surface area (Å²) >= 11 is 0. The molecule has 0 aliphatic carbocycles. The Kier molecular flexibility index (Phi) is 2.04. The molecule has 0 spiro atoms. The van der Waals surface area contributed by atoms with Crippen LogP contribution in [0.2, 0.25) is 0 Å². The topological polar surface area (TPSA) is 69.5 Å². The quantitative estimate of drug-likeness (QED) is 0.507. The smallest absolute Gasteiger partial charge is 0.311 e. The van der Waals surface area contributed by atoms with E-state index < -0.39 is 5.69 Å². The molecule has 0 bridgehead atoms. The van der Waals surface area contributed by atoms with Crippen molar-refractivity contribution in [1.82, 2.24) is 9.97 Å². The van der Waals surface area contributed by atoms with E-state index in [0.717, 1.165) is 0 Å². The summed E-state index contributed by atoms with van der Waals surface area (Å²) in [5.41, 5.74) is 0.0960. The van der Waals surface area contributed by atoms with E-state index in [2.05, 4.69) is 21.8 Å². The fourth-order valence-electron chi connectivity index (χ4n) is 0.511. The molecule has 0 radical (unpaired) electrons. The number of nitriles is 1. The SMILES string of the molecule is N#CC#Cc1cnc(=O)[nH]c1. The highest BCUT2D eigenvalue weighted by Crippen LogP contribution is 1.84. The number of hydrogen-bond donors (Lipinski definition) is 1. The molecule has 0 atom stereocenters. The molecule has 0 saturated carbocycles. The zero-order chi connectivity index (χ0) is 8.10. The lowest BCUT2D eigenvalue weighted by Crippen LogP contribution is -2.07. The van der Waals surface area contributed by atoms with Gasteiger partial charge in [0.1, 0.15) is 0 Å². The maximum Gasteiger partial charge on any atom is 0.344 e. The van der Waals surface area contributed by atoms with Crippen molar-refractivity contribution >= 4 is 0 Å². The number of aromatic nitrogens is 2. The third-order valence-electron chi connectivity index (χ3n) is 0.935. The summed E-state index contributed by atoms with van der Waals surface area (Å²) in [5.74, 6) is 4.66. The van der Waals surface area contributed by atoms with Gasteiger partial charge in [-0.3, -0.25) is 0 Å². The number of nitrogens with zero attached hydrogens (tertiary/aromatic N) is 2. The highest BCUT2D eigenvalue weighted by molar-refractivity contribution is 5.33. The molecule has 4 nitrogen and oxygen atoms in total. The van der Waals surface area contributed by atoms with E-state index in [1.165, 1.54) is 12.4 Å². The Bertz CT molecular complexity index is 382. The average molecular weight is 145 g/mol. The number of nitrogens with one attached hydrogen (secondary N) is 1. The normalized spacial score (nSPS) is 7.55. The minimum Gasteiger partial charge on any atom is -0.311 e. The van der Waals surface area contributed by atoms with Crippen LogP contribution in [-0.4, -0.2) is 9.97 Å². The van der Waals surface area contributed by atoms with E-state index >= 15 is 0 Å². The van der Waals surface area contributed by atoms with Crippen molar-refractivity contribution in [2.24, 2.45) is 0 Å². The lowest BCUT2D eigenvalue weighted by molar-refractivity contribution is 1.07. The van der Waals surface area contributed by atoms with E-state index in [0.29, 0.717) is 5.56 Å². The molecule has 52 valence electrons. The summed E-state index contributed by atoms with van der Waals surface area (Å²) < 4.78 is 0. The highest BCUT2D eigenvalue weighted by Gasteiger charge is 1.84. The van der Waals surface area contributed by atoms with Gasteiger partial charge in [0, 0.05) is 18.3 Å². The monoisotopic (exact) mass is 145 g/mol. The summed E-state index contributed by atoms with van der Waals surface area (Å²) in [6.07, 6.45) is 2.71. The Morgan fingerprint density at radius 1 is 1.64 bits per heavy atom. The second kappa shape index (κ2) is 3.19. The molecule has 4 heteroatoms. The molecule has 1 N–H and O–H groups in total. The van der Waals surface area contributed by atoms with Crippen LogP contribution in [0.1, 0.15) is 5.56 Å². The first-order chi connectivity index (χ1) is 5.33. The molecule has 0 aliphatic rings. The number of hydrogen-bond acceptors (Lipinski definition) is 3. The van der Waals surface area contributed by atoms with Gasteiger partial charge in [0.15, 0.2) is 6.07 Å². The van der Waals surface area contributed by atoms with Crippen LogP contribution in [0.3, 0.4) is 0 Å². The maximum absolute atomic E-state index is 10.4. The lowest BCUT2D eigenvalue weighted by atomic mass is 10.3. The molecule has 1 rings (SSSR count). The largest absolute Gasteiger partial charge is 0.344 e. The van der Waals surface area contributed by atoms with Crippen molar-refractivity contribution in [3.05, 3.63) is 28.4 Å². The van der Waals surface area contributed by atoms with Crippen LogP contribution in [-0.2, 0) is 0 Å². The van der Waals surface area contributed by atoms with Crippen LogP contribution in [0.25, 0.3) is 0 Å². The van der Waals surface area contributed by atoms with Gasteiger partial charge in [-0.1, -0.05) is 0 Å². The van der Waals surface area contributed by atoms with Crippen molar-refractivity contribution in [2.45, 2.75) is 0 Å². The van der Waals surface area contributed by atoms with Crippen LogP contribution in [0.4, 0.5) is 0 Å². The molecular weight excluding hydrogens is 142 g/mol. The van der Waals surface area contributed by atoms with Gasteiger partial charge in [0.25, 0.3) is 0 Å². The van der Waals surface area contributed by atoms with E-state index in [-0.39, 0.29) is 0 Å². The standard InChI is InChI=1S/C7H3N3O/c8-3-1-2-6-4-9-7(11)10-5-6/h4-5H,(H,9,10,11). The van der Waals surface area contributed by atoms with E-state index in [1.54, 1.807) is 6.07 Å². The lowest BCUT2D eigenvalue weighted by Gasteiger charge is -1.83. The number of H-pyrrole nitrogens is 1. The molecule has 0 aliphatic heterocycles. The first-order valence-electron chi connectivity index (χ1n) is 2.78. The van der Waals surface area contributed by atoms with Gasteiger partial charge in [-0.25, -0.2) is 9.78 Å². The fourth-order valence-corrected chi connectivity index (χ4v) is 0.511. The number of rotatable bonds is 0. The summed E-state index contributed by atoms with van der Waals surface area (Å²) in [4.78, 5) is 16.2. The van der Waals surface area contributed by atoms with Crippen molar-refractivity contribution in [1.29, 1.82) is 5.26 Å². The minimum atomic E-state index is -0.424. The minimum absolute atomic E-state index is 0.424. The van der Waals surface area contributed by atoms with E-state index in [4.69, 9.17) is 5.26 Å². The van der Waals surface area contributed by atoms with Crippen molar-refractivity contribution in [2.75, 3.05) is 0 Å². The van der Waals surface area contributed by atoms with Gasteiger partial charge in [0.05, 0.1) is 5.56 Å². The van der Waals surface area contributed by atoms with Gasteiger partial charge < -0.3 is 4.98 Å². The molecular formula is C7H3N3O. The van der Waals surface area contributed by atoms with Gasteiger partial charge in [0.2, 0.25) is 0 Å². The van der Waals surface area contributed by atoms with Gasteiger partial charge in [-0.2, -0.15) is 5.26 Å². The van der Waals surface area contributed by atoms with E-state index in [1.807, 2.05) is 0 Å². The van der Waals surface area contributed by atoms with Crippen LogP contribution in [0, 0.1) is 23.2 Å². The zero-order valence-electron chi connectivity index (χ0n) is 5.46. The summed E-state index contributed by atoms with van der Waals surface area (Å²) in [7, 11) is 0. The van der Waals surface area contributed by atoms with Gasteiger partial charge in [-0.15, -0.1) is 0 Å². The van der Waals surface area contributed by atoms with Crippen molar-refractivity contribution in [3.8, 4) is 17.9 Å². The van der Waals surface area contributed by atoms with Crippen LogP contribution in [0.5, 0.6) is 0 Å². The third kappa shape index (κ3) is 1.96. The first-order valence-corrected chi connectivity index (χ1v) is 2.78. The van der Waals surface area contributed by atoms with Gasteiger partial charge in [-0.05, 0) is 5.92 Å². The summed E-state index contributed by atoms with van der Waals surface area (Å²) in [6, 6.07) is 1.65. The second-order valence-electron chi connectivity index (χ2n) is 1.67. The Labute approximate surface area is 62.5 Å². The Balaban J connectivity index is 3.02. The Hall–Kier alpha value is -2.07. The molecule has 11 heavy (non-hydrogen) atoms. The fraction of sp³-hybridized carbons (Fsp3) is 0. The Morgan fingerprint density at radius 3 is 3.00 bits per heavy atom. The van der Waals surface area contributed by atoms with Gasteiger partial charge >= 0.3 is 5.69 Å². The van der Waals surface area contributed by atoms with Crippen LogP contribution >= 0.6 is 0 Å². The predicted octanol–water partition coefficient (Wildman–Crippen LogP) is -0.355. The zero-order valence-corrected chi connectivity index (χ0v) is 5.46. The highest BCUT2D eigenvalue weighted by atomic mass is 16.1. The van der Waals surface area contributed by atoms with Crippen LogP contribution < -0.4 is 5.69 Å². The average Bonchev–Trinajstić information content (AvgIpc) is 2.04. The second-order valence-corrected chi connectivity index (χ2v) is 1.67. The molecule has 0 fully saturated rings. The summed E-state index contributed by atoms with van der Waals surface area (Å²) in [5, 5.41) is 8.07. The first kappa shape index (κ1) is 7.04. The van der Waals surface area contributed by atoms with E-state index in [9.17, 15) is 4.79 Å². The molecule has 0 unspecified atom stereocenters. The molecule has 1 heterocycles. The van der Waals surface area contributed by atoms with Crippen molar-refractivity contribution in [3.63, 3.8) is 0 Å². The molecule has 1 aromatic heterocycles. The molecule has 1 aromatic rings. The number of aromatic amines is 1. The van der Waals surface area contributed by atoms with Crippen molar-refractivity contribution < 1.29 is 0 Å². The maximum atomic E-state index is 10.4. The summed E-state index contributed by atoms with van der Waals surface area (Å²) in [6.45, 7) is 0. The third-order valence-corrected chi connectivity index (χ3v) is 0.935. The predicted molar refractivity (Wildman–Crippen MR) is 37.3 cm³/mol. The molecule has 0 aromatic carbocycles. The molecule has 0 saturated heterocycles. The Morgan fingerprint density at radius 2 is 2.45 bits per heavy atom. The molecule has 0 amide bonds. The van der Waals surface area contributed by atoms with Crippen LogP contribution in [0.15, 0.2) is 17.2 Å².